The average molecular weight is 382 g/mol. The van der Waals surface area contributed by atoms with Crippen molar-refractivity contribution in [1.29, 1.82) is 5.26 Å². The van der Waals surface area contributed by atoms with E-state index in [2.05, 4.69) is 31.1 Å². The zero-order chi connectivity index (χ0) is 18.6. The van der Waals surface area contributed by atoms with Crippen LogP contribution in [0, 0.1) is 11.3 Å². The summed E-state index contributed by atoms with van der Waals surface area (Å²) in [6, 6.07) is 9.97. The van der Waals surface area contributed by atoms with Gasteiger partial charge >= 0.3 is 0 Å². The minimum absolute atomic E-state index is 0.0684. The summed E-state index contributed by atoms with van der Waals surface area (Å²) in [6.07, 6.45) is 5.10. The lowest BCUT2D eigenvalue weighted by atomic mass is 10.1. The third kappa shape index (κ3) is 4.25. The van der Waals surface area contributed by atoms with E-state index in [4.69, 9.17) is 5.26 Å². The molecule has 0 spiro atoms. The molecule has 0 radical (unpaired) electrons. The maximum Gasteiger partial charge on any atom is 0.234 e. The molecule has 2 heterocycles. The topological polar surface area (TPSA) is 86.8 Å². The van der Waals surface area contributed by atoms with E-state index in [1.165, 1.54) is 24.6 Å². The first-order valence-electron chi connectivity index (χ1n) is 9.33. The number of benzene rings is 1. The molecule has 1 aliphatic heterocycles. The van der Waals surface area contributed by atoms with Gasteiger partial charge in [-0.1, -0.05) is 23.9 Å². The van der Waals surface area contributed by atoms with Gasteiger partial charge in [-0.3, -0.25) is 9.36 Å². The second-order valence-electron chi connectivity index (χ2n) is 6.95. The van der Waals surface area contributed by atoms with E-state index in [0.29, 0.717) is 18.2 Å². The van der Waals surface area contributed by atoms with E-state index in [1.807, 2.05) is 24.3 Å². The molecule has 140 valence electrons. The van der Waals surface area contributed by atoms with Crippen molar-refractivity contribution in [3.8, 4) is 6.07 Å². The van der Waals surface area contributed by atoms with E-state index in [1.54, 1.807) is 0 Å². The molecule has 4 rings (SSSR count). The summed E-state index contributed by atoms with van der Waals surface area (Å²) >= 11 is 1.44. The van der Waals surface area contributed by atoms with Crippen molar-refractivity contribution < 1.29 is 4.79 Å². The van der Waals surface area contributed by atoms with Gasteiger partial charge in [-0.05, 0) is 43.4 Å². The normalized spacial score (nSPS) is 16.3. The number of hydrogen-bond acceptors (Lipinski definition) is 6. The molecule has 1 aromatic carbocycles. The van der Waals surface area contributed by atoms with Crippen LogP contribution in [0.4, 0.5) is 11.6 Å². The van der Waals surface area contributed by atoms with Crippen LogP contribution in [0.25, 0.3) is 0 Å². The summed E-state index contributed by atoms with van der Waals surface area (Å²) in [5, 5.41) is 21.2. The van der Waals surface area contributed by atoms with Gasteiger partial charge in [0.15, 0.2) is 5.16 Å². The first-order valence-corrected chi connectivity index (χ1v) is 10.3. The van der Waals surface area contributed by atoms with Gasteiger partial charge in [0, 0.05) is 24.8 Å². The number of nitrogens with zero attached hydrogens (tertiary/aromatic N) is 5. The third-order valence-electron chi connectivity index (χ3n) is 4.80. The summed E-state index contributed by atoms with van der Waals surface area (Å²) in [5.41, 5.74) is 1.68. The van der Waals surface area contributed by atoms with Crippen molar-refractivity contribution in [2.75, 3.05) is 29.1 Å². The van der Waals surface area contributed by atoms with Crippen molar-refractivity contribution in [2.45, 2.75) is 43.3 Å². The van der Waals surface area contributed by atoms with Crippen molar-refractivity contribution >= 4 is 29.3 Å². The van der Waals surface area contributed by atoms with Crippen LogP contribution in [0.2, 0.25) is 0 Å². The molecular formula is C19H22N6OS. The second-order valence-corrected chi connectivity index (χ2v) is 7.89. The largest absolute Gasteiger partial charge is 0.341 e. The average Bonchev–Trinajstić information content (AvgIpc) is 3.19. The molecule has 1 saturated carbocycles. The molecule has 27 heavy (non-hydrogen) atoms. The van der Waals surface area contributed by atoms with E-state index in [-0.39, 0.29) is 5.91 Å². The smallest absolute Gasteiger partial charge is 0.234 e. The van der Waals surface area contributed by atoms with Crippen LogP contribution in [0.3, 0.4) is 0 Å². The zero-order valence-corrected chi connectivity index (χ0v) is 15.9. The molecule has 1 aromatic heterocycles. The molecular weight excluding hydrogens is 360 g/mol. The lowest BCUT2D eigenvalue weighted by Crippen LogP contribution is -2.22. The number of aromatic nitrogens is 3. The van der Waals surface area contributed by atoms with Crippen molar-refractivity contribution in [1.82, 2.24) is 14.8 Å². The van der Waals surface area contributed by atoms with Crippen molar-refractivity contribution in [3.63, 3.8) is 0 Å². The zero-order valence-electron chi connectivity index (χ0n) is 15.1. The number of nitriles is 1. The summed E-state index contributed by atoms with van der Waals surface area (Å²) in [7, 11) is 0. The van der Waals surface area contributed by atoms with Crippen LogP contribution < -0.4 is 10.2 Å². The van der Waals surface area contributed by atoms with Crippen LogP contribution in [0.5, 0.6) is 0 Å². The van der Waals surface area contributed by atoms with Gasteiger partial charge in [-0.15, -0.1) is 10.2 Å². The molecule has 1 aliphatic carbocycles. The molecule has 2 fully saturated rings. The van der Waals surface area contributed by atoms with Gasteiger partial charge in [0.25, 0.3) is 0 Å². The lowest BCUT2D eigenvalue weighted by Gasteiger charge is -2.17. The van der Waals surface area contributed by atoms with Crippen LogP contribution in [-0.4, -0.2) is 39.5 Å². The second kappa shape index (κ2) is 8.01. The molecule has 2 aliphatic rings. The number of thioether (sulfide) groups is 1. The Labute approximate surface area is 162 Å². The van der Waals surface area contributed by atoms with Gasteiger partial charge in [0.1, 0.15) is 0 Å². The quantitative estimate of drug-likeness (QED) is 0.741. The molecule has 2 aromatic rings. The molecule has 0 bridgehead atoms. The highest BCUT2D eigenvalue weighted by atomic mass is 32.2. The number of amides is 1. The van der Waals surface area contributed by atoms with Gasteiger partial charge in [0.2, 0.25) is 11.9 Å². The number of rotatable bonds is 7. The number of hydrogen-bond donors (Lipinski definition) is 1. The van der Waals surface area contributed by atoms with E-state index in [9.17, 15) is 4.79 Å². The highest BCUT2D eigenvalue weighted by molar-refractivity contribution is 7.99. The fraction of sp³-hybridized carbons (Fsp3) is 0.474. The lowest BCUT2D eigenvalue weighted by molar-refractivity contribution is -0.113. The number of anilines is 2. The summed E-state index contributed by atoms with van der Waals surface area (Å²) in [4.78, 5) is 14.6. The van der Waals surface area contributed by atoms with Crippen molar-refractivity contribution in [3.05, 3.63) is 29.8 Å². The Morgan fingerprint density at radius 3 is 2.63 bits per heavy atom. The highest BCUT2D eigenvalue weighted by Gasteiger charge is 2.32. The monoisotopic (exact) mass is 382 g/mol. The number of carbonyl (C=O) groups excluding carboxylic acids is 1. The Morgan fingerprint density at radius 2 is 1.96 bits per heavy atom. The first kappa shape index (κ1) is 17.9. The maximum absolute atomic E-state index is 12.3. The SMILES string of the molecule is N#CCc1ccc(NC(=O)CSc2nnc(N3CCCC3)n2C2CC2)cc1. The fourth-order valence-electron chi connectivity index (χ4n) is 3.28. The predicted molar refractivity (Wildman–Crippen MR) is 105 cm³/mol. The van der Waals surface area contributed by atoms with E-state index >= 15 is 0 Å². The first-order chi connectivity index (χ1) is 13.2. The molecule has 1 N–H and O–H groups in total. The Balaban J connectivity index is 1.37. The standard InChI is InChI=1S/C19H22N6OS/c20-10-9-14-3-5-15(6-4-14)21-17(26)13-27-19-23-22-18(24-11-1-2-12-24)25(19)16-7-8-16/h3-6,16H,1-2,7-9,11-13H2,(H,21,26). The third-order valence-corrected chi connectivity index (χ3v) is 5.74. The maximum atomic E-state index is 12.3. The number of nitrogens with one attached hydrogen (secondary N) is 1. The molecule has 8 heteroatoms. The molecule has 0 atom stereocenters. The molecule has 1 amide bonds. The van der Waals surface area contributed by atoms with Crippen LogP contribution in [0.1, 0.15) is 37.3 Å². The van der Waals surface area contributed by atoms with Gasteiger partial charge < -0.3 is 10.2 Å². The Morgan fingerprint density at radius 1 is 1.22 bits per heavy atom. The Bertz CT molecular complexity index is 846. The van der Waals surface area contributed by atoms with Crippen LogP contribution in [0.15, 0.2) is 29.4 Å². The highest BCUT2D eigenvalue weighted by Crippen LogP contribution is 2.41. The van der Waals surface area contributed by atoms with Crippen LogP contribution in [-0.2, 0) is 11.2 Å². The van der Waals surface area contributed by atoms with Crippen LogP contribution >= 0.6 is 11.8 Å². The Kier molecular flexibility index (Phi) is 5.30. The summed E-state index contributed by atoms with van der Waals surface area (Å²) in [6.45, 7) is 2.08. The number of carbonyl (C=O) groups is 1. The minimum atomic E-state index is -0.0684. The fourth-order valence-corrected chi connectivity index (χ4v) is 4.08. The van der Waals surface area contributed by atoms with Gasteiger partial charge in [-0.25, -0.2) is 0 Å². The molecule has 7 nitrogen and oxygen atoms in total. The Hall–Kier alpha value is -2.53. The van der Waals surface area contributed by atoms with E-state index < -0.39 is 0 Å². The van der Waals surface area contributed by atoms with E-state index in [0.717, 1.165) is 48.3 Å². The summed E-state index contributed by atoms with van der Waals surface area (Å²) in [5.74, 6) is 1.19. The molecule has 1 saturated heterocycles. The predicted octanol–water partition coefficient (Wildman–Crippen LogP) is 3.01. The van der Waals surface area contributed by atoms with Crippen molar-refractivity contribution in [2.24, 2.45) is 0 Å². The summed E-state index contributed by atoms with van der Waals surface area (Å²) < 4.78 is 2.22. The van der Waals surface area contributed by atoms with Gasteiger partial charge in [0.05, 0.1) is 18.2 Å². The molecule has 0 unspecified atom stereocenters. The van der Waals surface area contributed by atoms with Gasteiger partial charge in [-0.2, -0.15) is 5.26 Å². The minimum Gasteiger partial charge on any atom is -0.341 e.